The summed E-state index contributed by atoms with van der Waals surface area (Å²) in [6, 6.07) is 15.4. The van der Waals surface area contributed by atoms with E-state index in [0.717, 1.165) is 10.9 Å². The predicted molar refractivity (Wildman–Crippen MR) is 117 cm³/mol. The van der Waals surface area contributed by atoms with Gasteiger partial charge in [-0.3, -0.25) is 9.59 Å². The zero-order valence-electron chi connectivity index (χ0n) is 17.8. The van der Waals surface area contributed by atoms with Gasteiger partial charge in [0.15, 0.2) is 12.7 Å². The molecule has 1 aromatic heterocycles. The van der Waals surface area contributed by atoms with E-state index in [1.54, 1.807) is 44.3 Å². The first kappa shape index (κ1) is 22.1. The molecule has 0 spiro atoms. The molecule has 2 aromatic carbocycles. The van der Waals surface area contributed by atoms with Crippen LogP contribution in [-0.2, 0) is 14.3 Å². The molecule has 1 heterocycles. The summed E-state index contributed by atoms with van der Waals surface area (Å²) in [5, 5.41) is 3.41. The number of ether oxygens (including phenoxy) is 2. The molecule has 7 heteroatoms. The molecule has 7 nitrogen and oxygen atoms in total. The van der Waals surface area contributed by atoms with Crippen molar-refractivity contribution in [1.82, 2.24) is 10.3 Å². The van der Waals surface area contributed by atoms with Gasteiger partial charge in [-0.2, -0.15) is 0 Å². The van der Waals surface area contributed by atoms with Gasteiger partial charge in [-0.25, -0.2) is 4.79 Å². The topological polar surface area (TPSA) is 97.5 Å². The Morgan fingerprint density at radius 2 is 1.65 bits per heavy atom. The highest BCUT2D eigenvalue weighted by atomic mass is 16.5. The maximum Gasteiger partial charge on any atom is 0.329 e. The summed E-state index contributed by atoms with van der Waals surface area (Å²) in [5.74, 6) is -1.10. The van der Waals surface area contributed by atoms with Crippen LogP contribution in [0.25, 0.3) is 10.9 Å². The molecule has 3 rings (SSSR count). The molecular weight excluding hydrogens is 396 g/mol. The Morgan fingerprint density at radius 1 is 0.968 bits per heavy atom. The molecule has 0 aliphatic carbocycles. The van der Waals surface area contributed by atoms with Crippen molar-refractivity contribution >= 4 is 28.6 Å². The van der Waals surface area contributed by atoms with Crippen LogP contribution >= 0.6 is 0 Å². The summed E-state index contributed by atoms with van der Waals surface area (Å²) < 4.78 is 10.8. The van der Waals surface area contributed by atoms with Crippen LogP contribution in [0.1, 0.15) is 31.1 Å². The molecule has 31 heavy (non-hydrogen) atoms. The second kappa shape index (κ2) is 9.93. The Kier molecular flexibility index (Phi) is 7.07. The number of fused-ring (bicyclic) bond motifs is 1. The Hall–Kier alpha value is -3.61. The summed E-state index contributed by atoms with van der Waals surface area (Å²) in [6.07, 6.45) is 0.616. The van der Waals surface area contributed by atoms with E-state index in [9.17, 15) is 14.4 Å². The van der Waals surface area contributed by atoms with Crippen LogP contribution in [0.15, 0.2) is 60.8 Å². The molecular formula is C24H26N2O5. The molecule has 162 valence electrons. The average Bonchev–Trinajstić information content (AvgIpc) is 3.20. The lowest BCUT2D eigenvalue weighted by molar-refractivity contribution is -0.151. The minimum absolute atomic E-state index is 0.232. The number of H-pyrrole nitrogens is 1. The number of aromatic nitrogens is 1. The van der Waals surface area contributed by atoms with Crippen molar-refractivity contribution in [2.45, 2.75) is 32.9 Å². The van der Waals surface area contributed by atoms with Gasteiger partial charge in [-0.05, 0) is 31.0 Å². The van der Waals surface area contributed by atoms with E-state index in [-0.39, 0.29) is 18.3 Å². The number of nitrogens with one attached hydrogen (secondary N) is 2. The lowest BCUT2D eigenvalue weighted by Crippen LogP contribution is -2.48. The fraction of sp³-hybridized carbons (Fsp3) is 0.292. The largest absolute Gasteiger partial charge is 0.484 e. The second-order valence-electron chi connectivity index (χ2n) is 7.58. The van der Waals surface area contributed by atoms with E-state index < -0.39 is 24.0 Å². The first-order chi connectivity index (χ1) is 14.9. The number of para-hydroxylation sites is 2. The van der Waals surface area contributed by atoms with Crippen molar-refractivity contribution in [2.75, 3.05) is 6.61 Å². The number of hydrogen-bond acceptors (Lipinski definition) is 5. The van der Waals surface area contributed by atoms with Gasteiger partial charge in [0.1, 0.15) is 11.8 Å². The number of hydrogen-bond donors (Lipinski definition) is 2. The van der Waals surface area contributed by atoms with Crippen LogP contribution in [0.2, 0.25) is 0 Å². The van der Waals surface area contributed by atoms with E-state index in [1.807, 2.05) is 30.3 Å². The van der Waals surface area contributed by atoms with Gasteiger partial charge in [0.05, 0.1) is 0 Å². The Morgan fingerprint density at radius 3 is 2.35 bits per heavy atom. The molecule has 0 radical (unpaired) electrons. The number of aromatic amines is 1. The molecule has 0 saturated carbocycles. The van der Waals surface area contributed by atoms with E-state index >= 15 is 0 Å². The molecule has 1 amide bonds. The third-order valence-electron chi connectivity index (χ3n) is 4.87. The molecule has 0 saturated heterocycles. The number of amides is 1. The Balaban J connectivity index is 1.60. The first-order valence-corrected chi connectivity index (χ1v) is 10.1. The van der Waals surface area contributed by atoms with Gasteiger partial charge in [0.25, 0.3) is 5.91 Å². The number of benzene rings is 2. The van der Waals surface area contributed by atoms with Gasteiger partial charge >= 0.3 is 5.97 Å². The summed E-state index contributed by atoms with van der Waals surface area (Å²) in [6.45, 7) is 4.87. The number of esters is 1. The normalized spacial score (nSPS) is 12.9. The molecule has 0 aliphatic rings. The highest BCUT2D eigenvalue weighted by Gasteiger charge is 2.30. The SMILES string of the molecule is CC(C)[C@H](NC(=O)COc1ccccc1)C(=O)O[C@H](C)C(=O)c1c[nH]c2ccccc12. The average molecular weight is 422 g/mol. The van der Waals surface area contributed by atoms with Crippen molar-refractivity contribution < 1.29 is 23.9 Å². The minimum atomic E-state index is -0.995. The zero-order chi connectivity index (χ0) is 22.4. The van der Waals surface area contributed by atoms with Crippen LogP contribution in [0, 0.1) is 5.92 Å². The lowest BCUT2D eigenvalue weighted by Gasteiger charge is -2.22. The van der Waals surface area contributed by atoms with E-state index in [4.69, 9.17) is 9.47 Å². The van der Waals surface area contributed by atoms with Gasteiger partial charge in [-0.1, -0.05) is 50.2 Å². The number of rotatable bonds is 9. The Bertz CT molecular complexity index is 1060. The van der Waals surface area contributed by atoms with Gasteiger partial charge in [0.2, 0.25) is 5.78 Å². The third-order valence-corrected chi connectivity index (χ3v) is 4.87. The standard InChI is InChI=1S/C24H26N2O5/c1-15(2)22(26-21(27)14-30-17-9-5-4-6-10-17)24(29)31-16(3)23(28)19-13-25-20-12-8-7-11-18(19)20/h4-13,15-16,22,25H,14H2,1-3H3,(H,26,27)/t16-,22+/m1/s1. The maximum atomic E-state index is 12.8. The summed E-state index contributed by atoms with van der Waals surface area (Å²) in [7, 11) is 0. The van der Waals surface area contributed by atoms with E-state index in [1.165, 1.54) is 6.92 Å². The highest BCUT2D eigenvalue weighted by molar-refractivity contribution is 6.10. The Labute approximate surface area is 180 Å². The van der Waals surface area contributed by atoms with Crippen molar-refractivity contribution in [3.8, 4) is 5.75 Å². The van der Waals surface area contributed by atoms with Crippen molar-refractivity contribution in [1.29, 1.82) is 0 Å². The second-order valence-corrected chi connectivity index (χ2v) is 7.58. The molecule has 2 atom stereocenters. The van der Waals surface area contributed by atoms with Crippen LogP contribution in [0.4, 0.5) is 0 Å². The fourth-order valence-corrected chi connectivity index (χ4v) is 3.17. The first-order valence-electron chi connectivity index (χ1n) is 10.1. The maximum absolute atomic E-state index is 12.8. The molecule has 0 fully saturated rings. The third kappa shape index (κ3) is 5.51. The fourth-order valence-electron chi connectivity index (χ4n) is 3.17. The smallest absolute Gasteiger partial charge is 0.329 e. The van der Waals surface area contributed by atoms with Gasteiger partial charge < -0.3 is 19.8 Å². The number of carbonyl (C=O) groups excluding carboxylic acids is 3. The zero-order valence-corrected chi connectivity index (χ0v) is 17.8. The number of carbonyl (C=O) groups is 3. The quantitative estimate of drug-likeness (QED) is 0.406. The van der Waals surface area contributed by atoms with E-state index in [0.29, 0.717) is 11.3 Å². The van der Waals surface area contributed by atoms with Crippen molar-refractivity contribution in [3.63, 3.8) is 0 Å². The number of ketones is 1. The predicted octanol–water partition coefficient (Wildman–Crippen LogP) is 3.50. The van der Waals surface area contributed by atoms with Crippen molar-refractivity contribution in [3.05, 3.63) is 66.4 Å². The molecule has 3 aromatic rings. The van der Waals surface area contributed by atoms with Crippen LogP contribution in [0.5, 0.6) is 5.75 Å². The van der Waals surface area contributed by atoms with Crippen LogP contribution in [-0.4, -0.2) is 41.4 Å². The molecule has 2 N–H and O–H groups in total. The lowest BCUT2D eigenvalue weighted by atomic mass is 10.0. The molecule has 0 unspecified atom stereocenters. The van der Waals surface area contributed by atoms with E-state index in [2.05, 4.69) is 10.3 Å². The summed E-state index contributed by atoms with van der Waals surface area (Å²) in [4.78, 5) is 40.8. The monoisotopic (exact) mass is 422 g/mol. The number of Topliss-reactive ketones (excluding diaryl/α,β-unsaturated/α-hetero) is 1. The van der Waals surface area contributed by atoms with Gasteiger partial charge in [-0.15, -0.1) is 0 Å². The van der Waals surface area contributed by atoms with Crippen LogP contribution < -0.4 is 10.1 Å². The van der Waals surface area contributed by atoms with Crippen molar-refractivity contribution in [2.24, 2.45) is 5.92 Å². The molecule has 0 bridgehead atoms. The minimum Gasteiger partial charge on any atom is -0.484 e. The summed E-state index contributed by atoms with van der Waals surface area (Å²) in [5.41, 5.74) is 1.28. The van der Waals surface area contributed by atoms with Gasteiger partial charge in [0, 0.05) is 22.7 Å². The summed E-state index contributed by atoms with van der Waals surface area (Å²) >= 11 is 0. The molecule has 0 aliphatic heterocycles. The van der Waals surface area contributed by atoms with Crippen LogP contribution in [0.3, 0.4) is 0 Å². The highest BCUT2D eigenvalue weighted by Crippen LogP contribution is 2.20.